The maximum absolute atomic E-state index is 12.8. The highest BCUT2D eigenvalue weighted by molar-refractivity contribution is 7.19. The maximum Gasteiger partial charge on any atom is 0.410 e. The molecular weight excluding hydrogens is 576 g/mol. The van der Waals surface area contributed by atoms with Gasteiger partial charge in [-0.25, -0.2) is 29.2 Å². The molecular formula is C29H31ClN8O3S. The van der Waals surface area contributed by atoms with E-state index in [1.54, 1.807) is 17.3 Å². The summed E-state index contributed by atoms with van der Waals surface area (Å²) in [4.78, 5) is 41.0. The van der Waals surface area contributed by atoms with Crippen molar-refractivity contribution >= 4 is 40.2 Å². The number of aryl methyl sites for hydroxylation is 1. The molecule has 3 amide bonds. The quantitative estimate of drug-likeness (QED) is 0.303. The lowest BCUT2D eigenvalue weighted by atomic mass is 9.96. The van der Waals surface area contributed by atoms with Gasteiger partial charge >= 0.3 is 12.1 Å². The Hall–Kier alpha value is -4.03. The molecule has 218 valence electrons. The van der Waals surface area contributed by atoms with E-state index >= 15 is 0 Å². The van der Waals surface area contributed by atoms with E-state index in [0.29, 0.717) is 36.2 Å². The van der Waals surface area contributed by atoms with Gasteiger partial charge in [0.1, 0.15) is 11.9 Å². The second-order valence-corrected chi connectivity index (χ2v) is 12.8. The molecule has 11 nitrogen and oxygen atoms in total. The number of fused-ring (bicyclic) bond motifs is 3. The highest BCUT2D eigenvalue weighted by atomic mass is 35.5. The number of ether oxygens (including phenoxy) is 1. The lowest BCUT2D eigenvalue weighted by Crippen LogP contribution is -2.37. The van der Waals surface area contributed by atoms with Crippen molar-refractivity contribution in [2.75, 3.05) is 25.0 Å². The van der Waals surface area contributed by atoms with Gasteiger partial charge in [-0.05, 0) is 58.1 Å². The van der Waals surface area contributed by atoms with Gasteiger partial charge in [-0.2, -0.15) is 5.10 Å². The molecule has 2 aliphatic rings. The molecule has 6 rings (SSSR count). The third-order valence-corrected chi connectivity index (χ3v) is 8.47. The molecule has 42 heavy (non-hydrogen) atoms. The summed E-state index contributed by atoms with van der Waals surface area (Å²) in [6.07, 6.45) is 6.92. The molecule has 0 saturated carbocycles. The van der Waals surface area contributed by atoms with E-state index in [0.717, 1.165) is 51.6 Å². The number of hydrogen-bond acceptors (Lipinski definition) is 8. The molecule has 0 spiro atoms. The lowest BCUT2D eigenvalue weighted by Gasteiger charge is -2.24. The van der Waals surface area contributed by atoms with Crippen molar-refractivity contribution in [2.45, 2.75) is 45.6 Å². The van der Waals surface area contributed by atoms with Crippen LogP contribution in [0.4, 0.5) is 14.7 Å². The van der Waals surface area contributed by atoms with Crippen LogP contribution < -0.4 is 10.6 Å². The maximum atomic E-state index is 12.8. The number of carbonyl (C=O) groups is 2. The number of thiazole rings is 1. The Labute approximate surface area is 252 Å². The van der Waals surface area contributed by atoms with Crippen molar-refractivity contribution in [3.05, 3.63) is 59.3 Å². The number of anilines is 1. The first kappa shape index (κ1) is 28.1. The Bertz CT molecular complexity index is 1630. The zero-order valence-corrected chi connectivity index (χ0v) is 25.1. The van der Waals surface area contributed by atoms with Gasteiger partial charge in [0.15, 0.2) is 5.13 Å². The minimum Gasteiger partial charge on any atom is -0.444 e. The number of urea groups is 1. The topological polar surface area (TPSA) is 127 Å². The number of nitrogens with one attached hydrogen (secondary N) is 2. The third-order valence-electron chi connectivity index (χ3n) is 7.13. The number of para-hydroxylation sites is 1. The Morgan fingerprint density at radius 3 is 2.71 bits per heavy atom. The molecule has 4 heterocycles. The zero-order valence-electron chi connectivity index (χ0n) is 23.6. The van der Waals surface area contributed by atoms with E-state index in [9.17, 15) is 9.59 Å². The standard InChI is InChI=1S/C29H31ClN8O3S/c1-29(2,3)41-28(40)37-11-10-17(15-37)12-33-26(39)35-27-34-21-9-8-19-23(18-13-31-16-32-14-18)36-38(24(19)25(21)42-27)22-7-5-4-6-20(22)30/h4-7,13-14,16-17H,8-12,15H2,1-3H3,(H2,33,34,35,39)/t17-/m0/s1. The van der Waals surface area contributed by atoms with E-state index in [4.69, 9.17) is 26.4 Å². The second kappa shape index (κ2) is 11.3. The molecule has 1 fully saturated rings. The Kier molecular flexibility index (Phi) is 7.58. The molecule has 1 saturated heterocycles. The molecule has 1 aliphatic carbocycles. The molecule has 0 unspecified atom stereocenters. The monoisotopic (exact) mass is 606 g/mol. The number of amides is 3. The van der Waals surface area contributed by atoms with E-state index < -0.39 is 5.60 Å². The number of benzene rings is 1. The van der Waals surface area contributed by atoms with Gasteiger partial charge < -0.3 is 15.0 Å². The van der Waals surface area contributed by atoms with Crippen molar-refractivity contribution < 1.29 is 14.3 Å². The smallest absolute Gasteiger partial charge is 0.410 e. The molecule has 4 aromatic rings. The van der Waals surface area contributed by atoms with Crippen LogP contribution in [0.25, 0.3) is 27.5 Å². The average molecular weight is 607 g/mol. The van der Waals surface area contributed by atoms with Crippen LogP contribution in [0.2, 0.25) is 5.02 Å². The van der Waals surface area contributed by atoms with Gasteiger partial charge in [-0.15, -0.1) is 0 Å². The fourth-order valence-corrected chi connectivity index (χ4v) is 6.53. The average Bonchev–Trinajstić information content (AvgIpc) is 3.68. The van der Waals surface area contributed by atoms with Gasteiger partial charge in [-0.1, -0.05) is 35.1 Å². The number of nitrogens with zero attached hydrogens (tertiary/aromatic N) is 6. The first-order valence-electron chi connectivity index (χ1n) is 13.8. The van der Waals surface area contributed by atoms with E-state index in [2.05, 4.69) is 20.6 Å². The van der Waals surface area contributed by atoms with E-state index in [1.165, 1.54) is 17.7 Å². The summed E-state index contributed by atoms with van der Waals surface area (Å²) in [5.74, 6) is 0.153. The predicted molar refractivity (Wildman–Crippen MR) is 161 cm³/mol. The van der Waals surface area contributed by atoms with Crippen molar-refractivity contribution in [1.29, 1.82) is 0 Å². The number of likely N-dealkylation sites (tertiary alicyclic amines) is 1. The molecule has 0 bridgehead atoms. The summed E-state index contributed by atoms with van der Waals surface area (Å²) in [6, 6.07) is 7.23. The zero-order chi connectivity index (χ0) is 29.4. The molecule has 3 aromatic heterocycles. The van der Waals surface area contributed by atoms with Crippen LogP contribution in [0.1, 0.15) is 38.4 Å². The summed E-state index contributed by atoms with van der Waals surface area (Å²) in [7, 11) is 0. The summed E-state index contributed by atoms with van der Waals surface area (Å²) < 4.78 is 7.33. The SMILES string of the molecule is CC(C)(C)OC(=O)N1CC[C@@H](CNC(=O)Nc2nc3c(s2)-c2c(c(-c4cncnc4)nn2-c2ccccc2Cl)CC3)C1. The first-order valence-corrected chi connectivity index (χ1v) is 15.0. The Morgan fingerprint density at radius 2 is 1.95 bits per heavy atom. The number of carbonyl (C=O) groups excluding carboxylic acids is 2. The highest BCUT2D eigenvalue weighted by Crippen LogP contribution is 2.44. The fourth-order valence-electron chi connectivity index (χ4n) is 5.24. The number of halogens is 1. The number of aromatic nitrogens is 5. The van der Waals surface area contributed by atoms with Crippen LogP contribution in [0.15, 0.2) is 43.0 Å². The summed E-state index contributed by atoms with van der Waals surface area (Å²) in [5.41, 5.74) is 4.70. The number of rotatable bonds is 5. The van der Waals surface area contributed by atoms with Gasteiger partial charge in [0.2, 0.25) is 0 Å². The Morgan fingerprint density at radius 1 is 1.17 bits per heavy atom. The van der Waals surface area contributed by atoms with Crippen LogP contribution in [0.3, 0.4) is 0 Å². The normalized spacial score (nSPS) is 16.1. The molecule has 2 N–H and O–H groups in total. The summed E-state index contributed by atoms with van der Waals surface area (Å²) in [6.45, 7) is 7.16. The minimum absolute atomic E-state index is 0.153. The molecule has 0 radical (unpaired) electrons. The predicted octanol–water partition coefficient (Wildman–Crippen LogP) is 5.58. The van der Waals surface area contributed by atoms with Crippen molar-refractivity contribution in [2.24, 2.45) is 5.92 Å². The van der Waals surface area contributed by atoms with Crippen LogP contribution in [-0.2, 0) is 17.6 Å². The van der Waals surface area contributed by atoms with Crippen LogP contribution in [-0.4, -0.2) is 67.0 Å². The van der Waals surface area contributed by atoms with Crippen LogP contribution in [0.5, 0.6) is 0 Å². The molecule has 1 aromatic carbocycles. The van der Waals surface area contributed by atoms with Gasteiger partial charge in [0, 0.05) is 43.2 Å². The van der Waals surface area contributed by atoms with Gasteiger partial charge in [0.05, 0.1) is 32.7 Å². The lowest BCUT2D eigenvalue weighted by molar-refractivity contribution is 0.0288. The summed E-state index contributed by atoms with van der Waals surface area (Å²) >= 11 is 8.02. The van der Waals surface area contributed by atoms with Crippen LogP contribution in [0, 0.1) is 5.92 Å². The van der Waals surface area contributed by atoms with E-state index in [-0.39, 0.29) is 18.0 Å². The van der Waals surface area contributed by atoms with Gasteiger partial charge in [0.25, 0.3) is 0 Å². The molecule has 1 aliphatic heterocycles. The largest absolute Gasteiger partial charge is 0.444 e. The van der Waals surface area contributed by atoms with Gasteiger partial charge in [-0.3, -0.25) is 5.32 Å². The van der Waals surface area contributed by atoms with Crippen LogP contribution >= 0.6 is 22.9 Å². The fraction of sp³-hybridized carbons (Fsp3) is 0.379. The number of hydrogen-bond donors (Lipinski definition) is 2. The molecule has 1 atom stereocenters. The second-order valence-electron chi connectivity index (χ2n) is 11.4. The highest BCUT2D eigenvalue weighted by Gasteiger charge is 2.32. The molecule has 13 heteroatoms. The Balaban J connectivity index is 1.19. The van der Waals surface area contributed by atoms with Crippen molar-refractivity contribution in [3.8, 4) is 27.5 Å². The first-order chi connectivity index (χ1) is 20.2. The summed E-state index contributed by atoms with van der Waals surface area (Å²) in [5, 5.41) is 11.9. The van der Waals surface area contributed by atoms with E-state index in [1.807, 2.05) is 49.7 Å². The minimum atomic E-state index is -0.538. The van der Waals surface area contributed by atoms with Crippen molar-refractivity contribution in [3.63, 3.8) is 0 Å². The third kappa shape index (κ3) is 5.82. The van der Waals surface area contributed by atoms with Crippen molar-refractivity contribution in [1.82, 2.24) is 34.9 Å².